The molecule has 4 aliphatic rings. The van der Waals surface area contributed by atoms with Crippen LogP contribution in [0.15, 0.2) is 36.4 Å². The Hall–Kier alpha value is -2.43. The number of nitrogens with zero attached hydrogens (tertiary/aromatic N) is 2. The van der Waals surface area contributed by atoms with E-state index < -0.39 is 17.8 Å². The van der Waals surface area contributed by atoms with Gasteiger partial charge in [0.25, 0.3) is 0 Å². The molecule has 112 valence electrons. The minimum absolute atomic E-state index is 0.0688. The Bertz CT molecular complexity index is 722. The maximum absolute atomic E-state index is 12.8. The number of piperidine rings is 1. The molecule has 1 aromatic rings. The Kier molecular flexibility index (Phi) is 2.58. The molecule has 0 spiro atoms. The third-order valence-electron chi connectivity index (χ3n) is 5.04. The minimum atomic E-state index is -0.549. The zero-order valence-corrected chi connectivity index (χ0v) is 12.4. The molecule has 5 heteroatoms. The van der Waals surface area contributed by atoms with Gasteiger partial charge in [-0.25, -0.2) is 4.90 Å². The Labute approximate surface area is 128 Å². The normalized spacial score (nSPS) is 32.9. The number of likely N-dealkylation sites (N-methyl/N-ethyl adjacent to an activating group) is 1. The molecule has 0 saturated carbocycles. The average molecular weight is 296 g/mol. The summed E-state index contributed by atoms with van der Waals surface area (Å²) in [5.41, 5.74) is 1.65. The van der Waals surface area contributed by atoms with Crippen molar-refractivity contribution in [2.45, 2.75) is 13.0 Å². The Morgan fingerprint density at radius 1 is 0.864 bits per heavy atom. The SMILES string of the molecule is Cc1ccc(N2C(=O)[C@@H]3[C@H](C2=O)[C@@H]2C=C[C@@H]3N(C)C2=O)cc1. The number of fused-ring (bicyclic) bond motifs is 1. The highest BCUT2D eigenvalue weighted by atomic mass is 16.2. The van der Waals surface area contributed by atoms with Gasteiger partial charge in [-0.2, -0.15) is 0 Å². The fourth-order valence-corrected chi connectivity index (χ4v) is 3.86. The summed E-state index contributed by atoms with van der Waals surface area (Å²) in [6.45, 7) is 1.95. The lowest BCUT2D eigenvalue weighted by atomic mass is 9.70. The molecule has 3 heterocycles. The summed E-state index contributed by atoms with van der Waals surface area (Å²) < 4.78 is 0. The second-order valence-electron chi connectivity index (χ2n) is 6.25. The van der Waals surface area contributed by atoms with Crippen LogP contribution in [-0.4, -0.2) is 35.7 Å². The van der Waals surface area contributed by atoms with Crippen LogP contribution in [0.3, 0.4) is 0 Å². The van der Waals surface area contributed by atoms with Gasteiger partial charge in [0.1, 0.15) is 0 Å². The molecule has 2 fully saturated rings. The van der Waals surface area contributed by atoms with E-state index in [0.29, 0.717) is 5.69 Å². The lowest BCUT2D eigenvalue weighted by molar-refractivity contribution is -0.148. The maximum Gasteiger partial charge on any atom is 0.240 e. The van der Waals surface area contributed by atoms with Crippen molar-refractivity contribution in [3.8, 4) is 0 Å². The smallest absolute Gasteiger partial charge is 0.240 e. The van der Waals surface area contributed by atoms with Crippen LogP contribution in [-0.2, 0) is 14.4 Å². The van der Waals surface area contributed by atoms with Crippen molar-refractivity contribution >= 4 is 23.4 Å². The van der Waals surface area contributed by atoms with Crippen LogP contribution in [0.2, 0.25) is 0 Å². The highest BCUT2D eigenvalue weighted by Crippen LogP contribution is 2.46. The van der Waals surface area contributed by atoms with Gasteiger partial charge < -0.3 is 4.90 Å². The first-order chi connectivity index (χ1) is 10.5. The van der Waals surface area contributed by atoms with Crippen LogP contribution >= 0.6 is 0 Å². The summed E-state index contributed by atoms with van der Waals surface area (Å²) in [6, 6.07) is 7.01. The standard InChI is InChI=1S/C17H16N2O3/c1-9-3-5-10(6-4-9)19-16(21)13-11-7-8-12(14(13)17(19)22)18(2)15(11)20/h3-8,11-14H,1-2H3/t11-,12-,13+,14-/m0/s1. The van der Waals surface area contributed by atoms with Crippen LogP contribution in [0.4, 0.5) is 5.69 Å². The van der Waals surface area contributed by atoms with E-state index in [9.17, 15) is 14.4 Å². The molecule has 4 atom stereocenters. The first kappa shape index (κ1) is 13.2. The molecule has 0 unspecified atom stereocenters. The van der Waals surface area contributed by atoms with E-state index in [2.05, 4.69) is 0 Å². The summed E-state index contributed by atoms with van der Waals surface area (Å²) in [5, 5.41) is 0. The molecule has 0 radical (unpaired) electrons. The predicted octanol–water partition coefficient (Wildman–Crippen LogP) is 1.13. The van der Waals surface area contributed by atoms with Crippen molar-refractivity contribution < 1.29 is 14.4 Å². The molecule has 2 bridgehead atoms. The number of amides is 3. The first-order valence-electron chi connectivity index (χ1n) is 7.40. The van der Waals surface area contributed by atoms with Crippen LogP contribution < -0.4 is 4.90 Å². The number of hydrogen-bond acceptors (Lipinski definition) is 3. The first-order valence-corrected chi connectivity index (χ1v) is 7.40. The van der Waals surface area contributed by atoms with Crippen molar-refractivity contribution in [1.29, 1.82) is 0 Å². The van der Waals surface area contributed by atoms with Crippen molar-refractivity contribution in [1.82, 2.24) is 4.90 Å². The lowest BCUT2D eigenvalue weighted by Gasteiger charge is -2.44. The van der Waals surface area contributed by atoms with Gasteiger partial charge in [-0.15, -0.1) is 0 Å². The molecule has 3 aliphatic heterocycles. The molecule has 3 amide bonds. The van der Waals surface area contributed by atoms with Gasteiger partial charge >= 0.3 is 0 Å². The number of hydrogen-bond donors (Lipinski definition) is 0. The monoisotopic (exact) mass is 296 g/mol. The van der Waals surface area contributed by atoms with E-state index in [1.807, 2.05) is 25.1 Å². The zero-order chi connectivity index (χ0) is 15.6. The highest BCUT2D eigenvalue weighted by molar-refractivity contribution is 6.24. The van der Waals surface area contributed by atoms with Gasteiger partial charge in [0.15, 0.2) is 0 Å². The summed E-state index contributed by atoms with van der Waals surface area (Å²) in [6.07, 6.45) is 3.68. The van der Waals surface area contributed by atoms with Crippen LogP contribution in [0.25, 0.3) is 0 Å². The van der Waals surface area contributed by atoms with E-state index in [-0.39, 0.29) is 23.8 Å². The van der Waals surface area contributed by atoms with Crippen molar-refractivity contribution in [2.24, 2.45) is 17.8 Å². The number of carbonyl (C=O) groups is 3. The average Bonchev–Trinajstić information content (AvgIpc) is 2.78. The van der Waals surface area contributed by atoms with Gasteiger partial charge in [0, 0.05) is 7.05 Å². The van der Waals surface area contributed by atoms with E-state index in [1.165, 1.54) is 4.90 Å². The molecule has 5 nitrogen and oxygen atoms in total. The van der Waals surface area contributed by atoms with Gasteiger partial charge in [0.05, 0.1) is 29.5 Å². The number of aryl methyl sites for hydroxylation is 1. The minimum Gasteiger partial charge on any atom is -0.338 e. The fraction of sp³-hybridized carbons (Fsp3) is 0.353. The topological polar surface area (TPSA) is 57.7 Å². The highest BCUT2D eigenvalue weighted by Gasteiger charge is 2.61. The predicted molar refractivity (Wildman–Crippen MR) is 79.8 cm³/mol. The molecule has 5 rings (SSSR count). The third-order valence-corrected chi connectivity index (χ3v) is 5.04. The largest absolute Gasteiger partial charge is 0.338 e. The van der Waals surface area contributed by atoms with E-state index in [0.717, 1.165) is 5.56 Å². The molecule has 0 N–H and O–H groups in total. The maximum atomic E-state index is 12.8. The number of anilines is 1. The van der Waals surface area contributed by atoms with Crippen LogP contribution in [0.5, 0.6) is 0 Å². The molecule has 2 saturated heterocycles. The third kappa shape index (κ3) is 1.51. The fourth-order valence-electron chi connectivity index (χ4n) is 3.86. The molecule has 22 heavy (non-hydrogen) atoms. The Balaban J connectivity index is 1.78. The second-order valence-corrected chi connectivity index (χ2v) is 6.25. The molecular weight excluding hydrogens is 280 g/mol. The lowest BCUT2D eigenvalue weighted by Crippen LogP contribution is -2.57. The van der Waals surface area contributed by atoms with E-state index in [4.69, 9.17) is 0 Å². The van der Waals surface area contributed by atoms with Gasteiger partial charge in [0.2, 0.25) is 17.7 Å². The van der Waals surface area contributed by atoms with Crippen LogP contribution in [0.1, 0.15) is 5.56 Å². The second kappa shape index (κ2) is 4.29. The molecule has 0 aromatic heterocycles. The Morgan fingerprint density at radius 2 is 1.50 bits per heavy atom. The Morgan fingerprint density at radius 3 is 2.18 bits per heavy atom. The zero-order valence-electron chi connectivity index (χ0n) is 12.4. The number of imide groups is 1. The number of carbonyl (C=O) groups excluding carboxylic acids is 3. The summed E-state index contributed by atoms with van der Waals surface area (Å²) in [7, 11) is 1.70. The van der Waals surface area contributed by atoms with Gasteiger partial charge in [-0.05, 0) is 19.1 Å². The number of benzene rings is 1. The van der Waals surface area contributed by atoms with Crippen molar-refractivity contribution in [2.75, 3.05) is 11.9 Å². The summed E-state index contributed by atoms with van der Waals surface area (Å²) in [5.74, 6) is -2.02. The molecule has 1 aromatic carbocycles. The summed E-state index contributed by atoms with van der Waals surface area (Å²) >= 11 is 0. The van der Waals surface area contributed by atoms with E-state index >= 15 is 0 Å². The molecular formula is C17H16N2O3. The van der Waals surface area contributed by atoms with E-state index in [1.54, 1.807) is 30.2 Å². The molecule has 1 aliphatic carbocycles. The van der Waals surface area contributed by atoms with Crippen molar-refractivity contribution in [3.63, 3.8) is 0 Å². The van der Waals surface area contributed by atoms with Gasteiger partial charge in [-0.3, -0.25) is 14.4 Å². The number of rotatable bonds is 1. The van der Waals surface area contributed by atoms with Crippen LogP contribution in [0, 0.1) is 24.7 Å². The van der Waals surface area contributed by atoms with Crippen molar-refractivity contribution in [3.05, 3.63) is 42.0 Å². The summed E-state index contributed by atoms with van der Waals surface area (Å²) in [4.78, 5) is 40.7. The quantitative estimate of drug-likeness (QED) is 0.576. The van der Waals surface area contributed by atoms with Gasteiger partial charge in [-0.1, -0.05) is 29.8 Å².